The lowest BCUT2D eigenvalue weighted by Gasteiger charge is -2.35. The van der Waals surface area contributed by atoms with Crippen molar-refractivity contribution in [2.75, 3.05) is 26.2 Å². The van der Waals surface area contributed by atoms with Gasteiger partial charge in [-0.05, 0) is 30.2 Å². The largest absolute Gasteiger partial charge is 0.314 e. The monoisotopic (exact) mass is 358 g/mol. The molecule has 2 rings (SSSR count). The van der Waals surface area contributed by atoms with Crippen LogP contribution in [0.2, 0.25) is 10.0 Å². The number of halogens is 4. The summed E-state index contributed by atoms with van der Waals surface area (Å²) in [5, 5.41) is 4.99. The predicted molar refractivity (Wildman–Crippen MR) is 93.0 cm³/mol. The van der Waals surface area contributed by atoms with E-state index in [1.54, 1.807) is 0 Å². The summed E-state index contributed by atoms with van der Waals surface area (Å²) in [7, 11) is 0. The van der Waals surface area contributed by atoms with E-state index < -0.39 is 0 Å². The van der Waals surface area contributed by atoms with Crippen LogP contribution in [0.4, 0.5) is 0 Å². The van der Waals surface area contributed by atoms with Crippen LogP contribution in [0.25, 0.3) is 0 Å². The van der Waals surface area contributed by atoms with E-state index in [0.717, 1.165) is 49.1 Å². The minimum absolute atomic E-state index is 0. The van der Waals surface area contributed by atoms with Gasteiger partial charge in [0.05, 0.1) is 0 Å². The van der Waals surface area contributed by atoms with E-state index in [9.17, 15) is 0 Å². The first-order chi connectivity index (χ1) is 8.72. The molecule has 116 valence electrons. The van der Waals surface area contributed by atoms with Crippen molar-refractivity contribution >= 4 is 48.0 Å². The zero-order valence-electron chi connectivity index (χ0n) is 11.6. The Morgan fingerprint density at radius 1 is 1.20 bits per heavy atom. The van der Waals surface area contributed by atoms with Crippen molar-refractivity contribution in [3.63, 3.8) is 0 Å². The Hall–Kier alpha value is 0.300. The van der Waals surface area contributed by atoms with Crippen LogP contribution in [0.1, 0.15) is 31.4 Å². The molecule has 1 atom stereocenters. The lowest BCUT2D eigenvalue weighted by molar-refractivity contribution is 0.164. The fourth-order valence-electron chi connectivity index (χ4n) is 2.57. The maximum atomic E-state index is 6.34. The van der Waals surface area contributed by atoms with E-state index in [0.29, 0.717) is 6.04 Å². The lowest BCUT2D eigenvalue weighted by atomic mass is 10.00. The molecule has 0 bridgehead atoms. The number of rotatable bonds is 4. The maximum absolute atomic E-state index is 6.34. The number of piperazine rings is 1. The summed E-state index contributed by atoms with van der Waals surface area (Å²) in [4.78, 5) is 2.51. The van der Waals surface area contributed by atoms with Crippen LogP contribution in [0.3, 0.4) is 0 Å². The Balaban J connectivity index is 0.00000180. The number of hydrogen-bond acceptors (Lipinski definition) is 2. The molecule has 0 spiro atoms. The van der Waals surface area contributed by atoms with Crippen molar-refractivity contribution in [3.8, 4) is 0 Å². The van der Waals surface area contributed by atoms with Crippen molar-refractivity contribution < 1.29 is 0 Å². The van der Waals surface area contributed by atoms with Gasteiger partial charge in [-0.15, -0.1) is 24.8 Å². The second-order valence-corrected chi connectivity index (χ2v) is 5.60. The Morgan fingerprint density at radius 3 is 2.45 bits per heavy atom. The zero-order valence-corrected chi connectivity index (χ0v) is 14.7. The average molecular weight is 360 g/mol. The molecule has 6 heteroatoms. The highest BCUT2D eigenvalue weighted by Gasteiger charge is 2.23. The van der Waals surface area contributed by atoms with Gasteiger partial charge in [0.25, 0.3) is 0 Å². The van der Waals surface area contributed by atoms with Crippen molar-refractivity contribution in [1.29, 1.82) is 0 Å². The van der Waals surface area contributed by atoms with Gasteiger partial charge in [-0.3, -0.25) is 4.90 Å². The molecule has 1 aromatic carbocycles. The van der Waals surface area contributed by atoms with Crippen molar-refractivity contribution in [2.24, 2.45) is 0 Å². The number of nitrogens with zero attached hydrogens (tertiary/aromatic N) is 1. The summed E-state index contributed by atoms with van der Waals surface area (Å²) in [6.07, 6.45) is 2.28. The van der Waals surface area contributed by atoms with Gasteiger partial charge in [0.15, 0.2) is 0 Å². The molecular weight excluding hydrogens is 338 g/mol. The van der Waals surface area contributed by atoms with E-state index in [1.807, 2.05) is 18.2 Å². The highest BCUT2D eigenvalue weighted by atomic mass is 35.5. The fraction of sp³-hybridized carbons (Fsp3) is 0.571. The van der Waals surface area contributed by atoms with Crippen LogP contribution in [-0.4, -0.2) is 31.1 Å². The molecule has 1 N–H and O–H groups in total. The minimum Gasteiger partial charge on any atom is -0.314 e. The van der Waals surface area contributed by atoms with Crippen molar-refractivity contribution in [2.45, 2.75) is 25.8 Å². The summed E-state index contributed by atoms with van der Waals surface area (Å²) < 4.78 is 0. The van der Waals surface area contributed by atoms with Gasteiger partial charge in [-0.2, -0.15) is 0 Å². The first-order valence-electron chi connectivity index (χ1n) is 6.62. The molecule has 1 saturated heterocycles. The van der Waals surface area contributed by atoms with Crippen LogP contribution in [0.5, 0.6) is 0 Å². The van der Waals surface area contributed by atoms with Crippen LogP contribution in [-0.2, 0) is 0 Å². The highest BCUT2D eigenvalue weighted by Crippen LogP contribution is 2.33. The molecule has 0 aliphatic carbocycles. The molecule has 1 heterocycles. The van der Waals surface area contributed by atoms with Crippen LogP contribution in [0.15, 0.2) is 18.2 Å². The number of benzene rings is 1. The number of nitrogens with one attached hydrogen (secondary N) is 1. The molecule has 0 radical (unpaired) electrons. The molecule has 1 aliphatic heterocycles. The molecule has 1 aliphatic rings. The van der Waals surface area contributed by atoms with Gasteiger partial charge in [-0.1, -0.05) is 36.5 Å². The van der Waals surface area contributed by atoms with Gasteiger partial charge in [0.2, 0.25) is 0 Å². The molecule has 0 amide bonds. The quantitative estimate of drug-likeness (QED) is 0.846. The van der Waals surface area contributed by atoms with Gasteiger partial charge >= 0.3 is 0 Å². The highest BCUT2D eigenvalue weighted by molar-refractivity contribution is 6.33. The summed E-state index contributed by atoms with van der Waals surface area (Å²) in [5.41, 5.74) is 1.17. The minimum atomic E-state index is 0. The molecule has 2 nitrogen and oxygen atoms in total. The van der Waals surface area contributed by atoms with Gasteiger partial charge in [-0.25, -0.2) is 0 Å². The van der Waals surface area contributed by atoms with Crippen molar-refractivity contribution in [1.82, 2.24) is 10.2 Å². The third-order valence-electron chi connectivity index (χ3n) is 3.47. The average Bonchev–Trinajstić information content (AvgIpc) is 2.40. The fourth-order valence-corrected chi connectivity index (χ4v) is 3.00. The van der Waals surface area contributed by atoms with Crippen LogP contribution >= 0.6 is 48.0 Å². The second kappa shape index (κ2) is 10.1. The Labute approximate surface area is 144 Å². The second-order valence-electron chi connectivity index (χ2n) is 4.76. The topological polar surface area (TPSA) is 15.3 Å². The molecule has 20 heavy (non-hydrogen) atoms. The van der Waals surface area contributed by atoms with Gasteiger partial charge < -0.3 is 5.32 Å². The van der Waals surface area contributed by atoms with E-state index in [2.05, 4.69) is 17.1 Å². The predicted octanol–water partition coefficient (Wildman–Crippen LogP) is 4.58. The molecule has 1 aromatic rings. The SMILES string of the molecule is CCC[C@H](c1cc(Cl)ccc1Cl)N1CCNCC1.Cl.Cl. The third kappa shape index (κ3) is 5.25. The zero-order chi connectivity index (χ0) is 13.0. The Morgan fingerprint density at radius 2 is 1.85 bits per heavy atom. The standard InChI is InChI=1S/C14H20Cl2N2.2ClH/c1-2-3-14(18-8-6-17-7-9-18)12-10-11(15)4-5-13(12)16;;/h4-5,10,14,17H,2-3,6-9H2,1H3;2*1H/t14-;;/m1../s1. The van der Waals surface area contributed by atoms with Gasteiger partial charge in [0.1, 0.15) is 0 Å². The maximum Gasteiger partial charge on any atom is 0.0454 e. The molecule has 0 saturated carbocycles. The smallest absolute Gasteiger partial charge is 0.0454 e. The van der Waals surface area contributed by atoms with Gasteiger partial charge in [0, 0.05) is 42.3 Å². The Bertz CT molecular complexity index is 395. The van der Waals surface area contributed by atoms with Crippen LogP contribution < -0.4 is 5.32 Å². The summed E-state index contributed by atoms with van der Waals surface area (Å²) in [5.74, 6) is 0. The first kappa shape index (κ1) is 20.3. The third-order valence-corrected chi connectivity index (χ3v) is 4.05. The van der Waals surface area contributed by atoms with E-state index in [-0.39, 0.29) is 24.8 Å². The summed E-state index contributed by atoms with van der Waals surface area (Å²) >= 11 is 12.5. The molecule has 1 fully saturated rings. The van der Waals surface area contributed by atoms with Crippen LogP contribution in [0, 0.1) is 0 Å². The normalized spacial score (nSPS) is 16.9. The van der Waals surface area contributed by atoms with E-state index in [4.69, 9.17) is 23.2 Å². The molecule has 0 aromatic heterocycles. The van der Waals surface area contributed by atoms with E-state index in [1.165, 1.54) is 5.56 Å². The summed E-state index contributed by atoms with van der Waals surface area (Å²) in [6.45, 7) is 6.48. The molecular formula is C14H22Cl4N2. The first-order valence-corrected chi connectivity index (χ1v) is 7.37. The van der Waals surface area contributed by atoms with Crippen molar-refractivity contribution in [3.05, 3.63) is 33.8 Å². The number of hydrogen-bond donors (Lipinski definition) is 1. The summed E-state index contributed by atoms with van der Waals surface area (Å²) in [6, 6.07) is 6.17. The van der Waals surface area contributed by atoms with E-state index >= 15 is 0 Å². The Kier molecular flexibility index (Phi) is 10.2. The molecule has 0 unspecified atom stereocenters. The lowest BCUT2D eigenvalue weighted by Crippen LogP contribution is -2.45.